The zero-order valence-electron chi connectivity index (χ0n) is 16.7. The number of amides is 1. The quantitative estimate of drug-likeness (QED) is 0.620. The lowest BCUT2D eigenvalue weighted by Crippen LogP contribution is -2.51. The number of pyridine rings is 1. The van der Waals surface area contributed by atoms with Crippen molar-refractivity contribution in [2.24, 2.45) is 0 Å². The molecule has 1 fully saturated rings. The molecular weight excluding hydrogens is 398 g/mol. The third kappa shape index (κ3) is 4.39. The maximum Gasteiger partial charge on any atom is 0.263 e. The Balaban J connectivity index is 1.47. The molecule has 1 aliphatic heterocycles. The fourth-order valence-corrected chi connectivity index (χ4v) is 3.95. The minimum Gasteiger partial charge on any atom is -0.360 e. The lowest BCUT2D eigenvalue weighted by atomic mass is 9.98. The molecule has 2 aromatic heterocycles. The number of piperidine rings is 1. The monoisotopic (exact) mass is 421 g/mol. The van der Waals surface area contributed by atoms with E-state index in [-0.39, 0.29) is 17.1 Å². The first-order valence-corrected chi connectivity index (χ1v) is 10.3. The second kappa shape index (κ2) is 9.15. The van der Waals surface area contributed by atoms with Crippen LogP contribution in [0.4, 0.5) is 0 Å². The summed E-state index contributed by atoms with van der Waals surface area (Å²) in [6, 6.07) is 13.6. The van der Waals surface area contributed by atoms with Crippen LogP contribution in [0.2, 0.25) is 0 Å². The Morgan fingerprint density at radius 1 is 1.20 bits per heavy atom. The summed E-state index contributed by atoms with van der Waals surface area (Å²) in [6.45, 7) is 2.55. The fraction of sp³-hybridized carbons (Fsp3) is 0.273. The molecular formula is C22H23N5O2S. The Morgan fingerprint density at radius 3 is 2.80 bits per heavy atom. The lowest BCUT2D eigenvalue weighted by Gasteiger charge is -2.36. The van der Waals surface area contributed by atoms with Gasteiger partial charge in [0.25, 0.3) is 5.91 Å². The zero-order chi connectivity index (χ0) is 20.9. The fourth-order valence-electron chi connectivity index (χ4n) is 3.74. The van der Waals surface area contributed by atoms with Crippen LogP contribution in [0.15, 0.2) is 59.4 Å². The molecule has 0 saturated carbocycles. The summed E-state index contributed by atoms with van der Waals surface area (Å²) in [7, 11) is 0. The van der Waals surface area contributed by atoms with Gasteiger partial charge in [-0.3, -0.25) is 20.5 Å². The first-order chi connectivity index (χ1) is 14.6. The summed E-state index contributed by atoms with van der Waals surface area (Å²) >= 11 is 5.44. The number of aromatic nitrogens is 2. The summed E-state index contributed by atoms with van der Waals surface area (Å²) in [5, 5.41) is 9.16. The summed E-state index contributed by atoms with van der Waals surface area (Å²) in [5.74, 6) is 0.0976. The van der Waals surface area contributed by atoms with Crippen molar-refractivity contribution < 1.29 is 9.32 Å². The van der Waals surface area contributed by atoms with Gasteiger partial charge in [-0.25, -0.2) is 5.01 Å². The molecule has 0 spiro atoms. The van der Waals surface area contributed by atoms with Crippen LogP contribution < -0.4 is 10.7 Å². The van der Waals surface area contributed by atoms with Gasteiger partial charge in [-0.05, 0) is 43.6 Å². The predicted molar refractivity (Wildman–Crippen MR) is 117 cm³/mol. The van der Waals surface area contributed by atoms with Gasteiger partial charge in [0.15, 0.2) is 5.11 Å². The van der Waals surface area contributed by atoms with Crippen LogP contribution in [-0.2, 0) is 0 Å². The molecule has 154 valence electrons. The van der Waals surface area contributed by atoms with Crippen LogP contribution in [0.25, 0.3) is 11.3 Å². The highest BCUT2D eigenvalue weighted by Crippen LogP contribution is 2.29. The Morgan fingerprint density at radius 2 is 2.03 bits per heavy atom. The minimum atomic E-state index is -0.347. The van der Waals surface area contributed by atoms with E-state index in [2.05, 4.69) is 32.0 Å². The van der Waals surface area contributed by atoms with Crippen LogP contribution in [-0.4, -0.2) is 32.7 Å². The number of nitrogens with zero attached hydrogens (tertiary/aromatic N) is 3. The maximum atomic E-state index is 13.0. The number of thiocarbonyl (C=S) groups is 1. The number of hydrogen-bond acceptors (Lipinski definition) is 6. The molecule has 1 aliphatic rings. The van der Waals surface area contributed by atoms with E-state index in [1.54, 1.807) is 13.1 Å². The number of hydrazine groups is 1. The topological polar surface area (TPSA) is 83.3 Å². The molecule has 2 N–H and O–H groups in total. The standard InChI is InChI=1S/C22H23N5O2S/c1-15-19(20(26-29-15)16-8-3-2-4-9-16)21(28)24-22(30)25-27-13-6-5-11-18(27)17-10-7-12-23-14-17/h2-4,7-10,12,14,18H,5-6,11,13H2,1H3,(H2,24,25,28,30)/t18-/m0/s1. The van der Waals surface area contributed by atoms with Crippen LogP contribution >= 0.6 is 12.2 Å². The Bertz CT molecular complexity index is 1020. The molecule has 1 atom stereocenters. The van der Waals surface area contributed by atoms with Gasteiger partial charge in [0.1, 0.15) is 17.0 Å². The number of rotatable bonds is 4. The molecule has 0 bridgehead atoms. The molecule has 7 nitrogen and oxygen atoms in total. The van der Waals surface area contributed by atoms with Crippen molar-refractivity contribution in [2.45, 2.75) is 32.2 Å². The summed E-state index contributed by atoms with van der Waals surface area (Å²) in [4.78, 5) is 17.2. The van der Waals surface area contributed by atoms with E-state index in [0.717, 1.165) is 36.9 Å². The Kier molecular flexibility index (Phi) is 6.15. The van der Waals surface area contributed by atoms with E-state index < -0.39 is 0 Å². The highest BCUT2D eigenvalue weighted by molar-refractivity contribution is 7.80. The Labute approximate surface area is 180 Å². The average molecular weight is 422 g/mol. The molecule has 1 aromatic carbocycles. The molecule has 0 radical (unpaired) electrons. The Hall–Kier alpha value is -3.10. The summed E-state index contributed by atoms with van der Waals surface area (Å²) in [5.41, 5.74) is 6.01. The first-order valence-electron chi connectivity index (χ1n) is 9.93. The van der Waals surface area contributed by atoms with E-state index in [1.807, 2.05) is 42.6 Å². The van der Waals surface area contributed by atoms with Crippen molar-refractivity contribution in [3.8, 4) is 11.3 Å². The second-order valence-corrected chi connectivity index (χ2v) is 7.62. The smallest absolute Gasteiger partial charge is 0.263 e. The SMILES string of the molecule is Cc1onc(-c2ccccc2)c1C(=O)NC(=S)NN1CCCC[C@H]1c1cccnc1. The first kappa shape index (κ1) is 20.2. The van der Waals surface area contributed by atoms with Crippen LogP contribution in [0.5, 0.6) is 0 Å². The highest BCUT2D eigenvalue weighted by atomic mass is 32.1. The van der Waals surface area contributed by atoms with Crippen LogP contribution in [0.1, 0.15) is 47.0 Å². The van der Waals surface area contributed by atoms with Gasteiger partial charge < -0.3 is 4.52 Å². The summed E-state index contributed by atoms with van der Waals surface area (Å²) < 4.78 is 5.29. The number of aryl methyl sites for hydroxylation is 1. The third-order valence-corrected chi connectivity index (χ3v) is 5.37. The second-order valence-electron chi connectivity index (χ2n) is 7.21. The van der Waals surface area contributed by atoms with Crippen molar-refractivity contribution in [3.63, 3.8) is 0 Å². The van der Waals surface area contributed by atoms with E-state index >= 15 is 0 Å². The zero-order valence-corrected chi connectivity index (χ0v) is 17.5. The molecule has 3 heterocycles. The predicted octanol–water partition coefficient (Wildman–Crippen LogP) is 3.79. The van der Waals surface area contributed by atoms with Gasteiger partial charge in [0.2, 0.25) is 0 Å². The van der Waals surface area contributed by atoms with Crippen molar-refractivity contribution in [1.29, 1.82) is 0 Å². The number of benzene rings is 1. The van der Waals surface area contributed by atoms with Gasteiger partial charge in [-0.1, -0.05) is 48.0 Å². The molecule has 1 amide bonds. The van der Waals surface area contributed by atoms with Gasteiger partial charge in [0.05, 0.1) is 6.04 Å². The van der Waals surface area contributed by atoms with Gasteiger partial charge in [0, 0.05) is 24.5 Å². The summed E-state index contributed by atoms with van der Waals surface area (Å²) in [6.07, 6.45) is 6.83. The number of hydrogen-bond donors (Lipinski definition) is 2. The van der Waals surface area contributed by atoms with Crippen molar-refractivity contribution in [3.05, 3.63) is 71.7 Å². The van der Waals surface area contributed by atoms with E-state index in [0.29, 0.717) is 17.0 Å². The lowest BCUT2D eigenvalue weighted by molar-refractivity contribution is 0.0956. The van der Waals surface area contributed by atoms with Crippen molar-refractivity contribution in [1.82, 2.24) is 25.9 Å². The van der Waals surface area contributed by atoms with E-state index in [9.17, 15) is 4.79 Å². The largest absolute Gasteiger partial charge is 0.360 e. The van der Waals surface area contributed by atoms with E-state index in [4.69, 9.17) is 16.7 Å². The van der Waals surface area contributed by atoms with Gasteiger partial charge in [-0.2, -0.15) is 0 Å². The molecule has 0 aliphatic carbocycles. The molecule has 30 heavy (non-hydrogen) atoms. The van der Waals surface area contributed by atoms with E-state index in [1.165, 1.54) is 0 Å². The van der Waals surface area contributed by atoms with Crippen LogP contribution in [0, 0.1) is 6.92 Å². The molecule has 8 heteroatoms. The maximum absolute atomic E-state index is 13.0. The minimum absolute atomic E-state index is 0.152. The highest BCUT2D eigenvalue weighted by Gasteiger charge is 2.26. The third-order valence-electron chi connectivity index (χ3n) is 5.18. The molecule has 4 rings (SSSR count). The normalized spacial score (nSPS) is 16.8. The molecule has 3 aromatic rings. The molecule has 0 unspecified atom stereocenters. The van der Waals surface area contributed by atoms with Gasteiger partial charge in [-0.15, -0.1) is 0 Å². The average Bonchev–Trinajstić information content (AvgIpc) is 3.17. The van der Waals surface area contributed by atoms with Crippen molar-refractivity contribution in [2.75, 3.05) is 6.54 Å². The van der Waals surface area contributed by atoms with Crippen molar-refractivity contribution >= 4 is 23.2 Å². The molecule has 1 saturated heterocycles. The van der Waals surface area contributed by atoms with Gasteiger partial charge >= 0.3 is 0 Å². The number of nitrogens with one attached hydrogen (secondary N) is 2. The number of carbonyl (C=O) groups excluding carboxylic acids is 1. The number of carbonyl (C=O) groups is 1. The van der Waals surface area contributed by atoms with Crippen LogP contribution in [0.3, 0.4) is 0 Å².